The number of aryl methyl sites for hydroxylation is 2. The summed E-state index contributed by atoms with van der Waals surface area (Å²) in [5.74, 6) is 0.993. The normalized spacial score (nSPS) is 11.7. The molecule has 1 aromatic carbocycles. The molecule has 0 aliphatic heterocycles. The molecule has 0 radical (unpaired) electrons. The lowest BCUT2D eigenvalue weighted by Crippen LogP contribution is -2.31. The maximum Gasteiger partial charge on any atom is 0.124 e. The van der Waals surface area contributed by atoms with Gasteiger partial charge in [0.05, 0.1) is 7.11 Å². The van der Waals surface area contributed by atoms with Gasteiger partial charge in [-0.1, -0.05) is 26.0 Å². The first kappa shape index (κ1) is 16.0. The minimum atomic E-state index is 0.255. The second-order valence-corrected chi connectivity index (χ2v) is 6.07. The van der Waals surface area contributed by atoms with Gasteiger partial charge in [0.2, 0.25) is 0 Å². The Morgan fingerprint density at radius 3 is 2.26 bits per heavy atom. The van der Waals surface area contributed by atoms with E-state index in [1.165, 1.54) is 16.7 Å². The van der Waals surface area contributed by atoms with Crippen molar-refractivity contribution in [2.75, 3.05) is 20.2 Å². The fourth-order valence-electron chi connectivity index (χ4n) is 2.49. The average Bonchev–Trinajstić information content (AvgIpc) is 2.28. The van der Waals surface area contributed by atoms with E-state index in [-0.39, 0.29) is 5.41 Å². The smallest absolute Gasteiger partial charge is 0.124 e. The van der Waals surface area contributed by atoms with Crippen molar-refractivity contribution < 1.29 is 4.74 Å². The van der Waals surface area contributed by atoms with Crippen LogP contribution in [-0.4, -0.2) is 20.2 Å². The third-order valence-electron chi connectivity index (χ3n) is 3.48. The summed E-state index contributed by atoms with van der Waals surface area (Å²) in [6.45, 7) is 11.3. The Bertz CT molecular complexity index is 390. The number of nitrogens with two attached hydrogens (primary N) is 1. The highest BCUT2D eigenvalue weighted by Gasteiger charge is 2.16. The summed E-state index contributed by atoms with van der Waals surface area (Å²) in [4.78, 5) is 0. The van der Waals surface area contributed by atoms with E-state index in [1.807, 2.05) is 0 Å². The zero-order valence-electron chi connectivity index (χ0n) is 13.0. The molecule has 0 unspecified atom stereocenters. The van der Waals surface area contributed by atoms with Gasteiger partial charge in [-0.05, 0) is 48.9 Å². The molecule has 1 aromatic rings. The van der Waals surface area contributed by atoms with Crippen LogP contribution in [0.1, 0.15) is 37.0 Å². The fraction of sp³-hybridized carbons (Fsp3) is 0.625. The fourth-order valence-corrected chi connectivity index (χ4v) is 2.49. The molecule has 19 heavy (non-hydrogen) atoms. The molecular formula is C16H28N2O. The topological polar surface area (TPSA) is 47.3 Å². The first-order chi connectivity index (χ1) is 8.89. The summed E-state index contributed by atoms with van der Waals surface area (Å²) in [5, 5.41) is 3.52. The van der Waals surface area contributed by atoms with Crippen LogP contribution in [0.4, 0.5) is 0 Å². The van der Waals surface area contributed by atoms with E-state index in [0.717, 1.165) is 31.8 Å². The van der Waals surface area contributed by atoms with Gasteiger partial charge in [0.25, 0.3) is 0 Å². The number of benzene rings is 1. The van der Waals surface area contributed by atoms with Crippen molar-refractivity contribution >= 4 is 0 Å². The molecule has 0 aromatic heterocycles. The largest absolute Gasteiger partial charge is 0.496 e. The molecule has 1 rings (SSSR count). The zero-order valence-corrected chi connectivity index (χ0v) is 13.0. The Hall–Kier alpha value is -1.06. The van der Waals surface area contributed by atoms with Crippen molar-refractivity contribution in [1.29, 1.82) is 0 Å². The summed E-state index contributed by atoms with van der Waals surface area (Å²) in [6, 6.07) is 4.38. The molecule has 0 aliphatic rings. The van der Waals surface area contributed by atoms with Gasteiger partial charge in [-0.25, -0.2) is 0 Å². The maximum absolute atomic E-state index is 5.63. The maximum atomic E-state index is 5.63. The SMILES string of the molecule is COc1c(C)cc(CNCC(C)(C)CCN)cc1C. The van der Waals surface area contributed by atoms with Gasteiger partial charge in [0, 0.05) is 13.1 Å². The number of rotatable bonds is 7. The molecule has 0 amide bonds. The Morgan fingerprint density at radius 1 is 1.21 bits per heavy atom. The highest BCUT2D eigenvalue weighted by atomic mass is 16.5. The Kier molecular flexibility index (Phi) is 5.83. The highest BCUT2D eigenvalue weighted by Crippen LogP contribution is 2.24. The molecule has 0 aliphatic carbocycles. The molecule has 0 bridgehead atoms. The number of nitrogens with one attached hydrogen (secondary N) is 1. The summed E-state index contributed by atoms with van der Waals surface area (Å²) in [6.07, 6.45) is 1.04. The van der Waals surface area contributed by atoms with Crippen molar-refractivity contribution in [1.82, 2.24) is 5.32 Å². The van der Waals surface area contributed by atoms with Gasteiger partial charge < -0.3 is 15.8 Å². The van der Waals surface area contributed by atoms with Gasteiger partial charge in [0.1, 0.15) is 5.75 Å². The van der Waals surface area contributed by atoms with Crippen molar-refractivity contribution in [2.45, 2.75) is 40.7 Å². The average molecular weight is 264 g/mol. The second kappa shape index (κ2) is 6.92. The molecule has 108 valence electrons. The van der Waals surface area contributed by atoms with E-state index >= 15 is 0 Å². The third kappa shape index (κ3) is 4.84. The molecule has 0 spiro atoms. The monoisotopic (exact) mass is 264 g/mol. The molecule has 0 atom stereocenters. The lowest BCUT2D eigenvalue weighted by molar-refractivity contribution is 0.319. The summed E-state index contributed by atoms with van der Waals surface area (Å²) in [7, 11) is 1.72. The third-order valence-corrected chi connectivity index (χ3v) is 3.48. The predicted octanol–water partition coefficient (Wildman–Crippen LogP) is 2.78. The first-order valence-electron chi connectivity index (χ1n) is 6.94. The predicted molar refractivity (Wildman–Crippen MR) is 81.6 cm³/mol. The van der Waals surface area contributed by atoms with Crippen LogP contribution < -0.4 is 15.8 Å². The minimum Gasteiger partial charge on any atom is -0.496 e. The van der Waals surface area contributed by atoms with Crippen LogP contribution in [0.15, 0.2) is 12.1 Å². The molecule has 0 fully saturated rings. The van der Waals surface area contributed by atoms with E-state index in [1.54, 1.807) is 7.11 Å². The number of ether oxygens (including phenoxy) is 1. The molecular weight excluding hydrogens is 236 g/mol. The molecule has 0 heterocycles. The first-order valence-corrected chi connectivity index (χ1v) is 6.94. The van der Waals surface area contributed by atoms with E-state index in [0.29, 0.717) is 0 Å². The van der Waals surface area contributed by atoms with Crippen molar-refractivity contribution in [3.63, 3.8) is 0 Å². The number of hydrogen-bond donors (Lipinski definition) is 2. The van der Waals surface area contributed by atoms with Crippen LogP contribution in [0.5, 0.6) is 5.75 Å². The van der Waals surface area contributed by atoms with E-state index in [2.05, 4.69) is 45.1 Å². The summed E-state index contributed by atoms with van der Waals surface area (Å²) < 4.78 is 5.39. The van der Waals surface area contributed by atoms with Gasteiger partial charge in [-0.15, -0.1) is 0 Å². The van der Waals surface area contributed by atoms with Crippen LogP contribution in [0.2, 0.25) is 0 Å². The van der Waals surface area contributed by atoms with E-state index in [4.69, 9.17) is 10.5 Å². The van der Waals surface area contributed by atoms with Crippen LogP contribution in [-0.2, 0) is 6.54 Å². The van der Waals surface area contributed by atoms with Gasteiger partial charge in [-0.3, -0.25) is 0 Å². The summed E-state index contributed by atoms with van der Waals surface area (Å²) in [5.41, 5.74) is 9.58. The Balaban J connectivity index is 2.59. The van der Waals surface area contributed by atoms with E-state index in [9.17, 15) is 0 Å². The highest BCUT2D eigenvalue weighted by molar-refractivity contribution is 5.43. The number of methoxy groups -OCH3 is 1. The molecule has 0 saturated carbocycles. The zero-order chi connectivity index (χ0) is 14.5. The van der Waals surface area contributed by atoms with Crippen LogP contribution in [0, 0.1) is 19.3 Å². The van der Waals surface area contributed by atoms with E-state index < -0.39 is 0 Å². The standard InChI is InChI=1S/C16H28N2O/c1-12-8-14(9-13(2)15(12)19-5)10-18-11-16(3,4)6-7-17/h8-9,18H,6-7,10-11,17H2,1-5H3. The van der Waals surface area contributed by atoms with Crippen molar-refractivity contribution in [3.8, 4) is 5.75 Å². The molecule has 3 N–H and O–H groups in total. The lowest BCUT2D eigenvalue weighted by atomic mass is 9.89. The quantitative estimate of drug-likeness (QED) is 0.796. The van der Waals surface area contributed by atoms with Crippen molar-refractivity contribution in [3.05, 3.63) is 28.8 Å². The lowest BCUT2D eigenvalue weighted by Gasteiger charge is -2.24. The Labute approximate surface area is 117 Å². The van der Waals surface area contributed by atoms with Gasteiger partial charge in [-0.2, -0.15) is 0 Å². The van der Waals surface area contributed by atoms with Crippen molar-refractivity contribution in [2.24, 2.45) is 11.1 Å². The Morgan fingerprint density at radius 2 is 1.79 bits per heavy atom. The minimum absolute atomic E-state index is 0.255. The second-order valence-electron chi connectivity index (χ2n) is 6.07. The van der Waals surface area contributed by atoms with Crippen LogP contribution in [0.3, 0.4) is 0 Å². The summed E-state index contributed by atoms with van der Waals surface area (Å²) >= 11 is 0. The number of hydrogen-bond acceptors (Lipinski definition) is 3. The molecule has 3 heteroatoms. The molecule has 0 saturated heterocycles. The van der Waals surface area contributed by atoms with Crippen LogP contribution in [0.25, 0.3) is 0 Å². The molecule has 3 nitrogen and oxygen atoms in total. The van der Waals surface area contributed by atoms with Gasteiger partial charge >= 0.3 is 0 Å². The van der Waals surface area contributed by atoms with Crippen LogP contribution >= 0.6 is 0 Å². The van der Waals surface area contributed by atoms with Gasteiger partial charge in [0.15, 0.2) is 0 Å².